The zero-order valence-electron chi connectivity index (χ0n) is 14.3. The van der Waals surface area contributed by atoms with Gasteiger partial charge < -0.3 is 20.4 Å². The molecule has 1 aromatic carbocycles. The fraction of sp³-hybridized carbons (Fsp3) is 0.100. The second-order valence-corrected chi connectivity index (χ2v) is 7.48. The van der Waals surface area contributed by atoms with Gasteiger partial charge in [0.05, 0.1) is 11.4 Å². The van der Waals surface area contributed by atoms with Crippen LogP contribution in [-0.4, -0.2) is 20.2 Å². The topological polar surface area (TPSA) is 112 Å². The molecule has 144 valence electrons. The molecule has 2 heterocycles. The first kappa shape index (κ1) is 20.5. The molecule has 2 atom stereocenters. The summed E-state index contributed by atoms with van der Waals surface area (Å²) in [5.41, 5.74) is -0.162. The molecule has 8 heteroatoms. The van der Waals surface area contributed by atoms with Crippen molar-refractivity contribution in [3.63, 3.8) is 0 Å². The van der Waals surface area contributed by atoms with E-state index in [4.69, 9.17) is 0 Å². The van der Waals surface area contributed by atoms with Gasteiger partial charge in [0.1, 0.15) is 21.4 Å². The summed E-state index contributed by atoms with van der Waals surface area (Å²) in [5.74, 6) is -1.28. The number of para-hydroxylation sites is 1. The minimum Gasteiger partial charge on any atom is -0.872 e. The Bertz CT molecular complexity index is 973. The molecule has 0 bridgehead atoms. The number of rotatable bonds is 5. The van der Waals surface area contributed by atoms with E-state index in [9.17, 15) is 20.4 Å². The lowest BCUT2D eigenvalue weighted by molar-refractivity contribution is -0.274. The third-order valence-electron chi connectivity index (χ3n) is 4.02. The van der Waals surface area contributed by atoms with Crippen LogP contribution in [0.2, 0.25) is 0 Å². The van der Waals surface area contributed by atoms with Gasteiger partial charge in [0.15, 0.2) is 0 Å². The Labute approximate surface area is 178 Å². The third-order valence-corrected chi connectivity index (χ3v) is 4.90. The lowest BCUT2D eigenvalue weighted by Crippen LogP contribution is -2.20. The van der Waals surface area contributed by atoms with Gasteiger partial charge in [-0.2, -0.15) is 0 Å². The highest BCUT2D eigenvalue weighted by molar-refractivity contribution is 9.10. The smallest absolute Gasteiger partial charge is 0.120 e. The van der Waals surface area contributed by atoms with Crippen LogP contribution in [-0.2, 0) is 0 Å². The molecule has 0 radical (unpaired) electrons. The highest BCUT2D eigenvalue weighted by Gasteiger charge is 2.26. The third kappa shape index (κ3) is 4.41. The number of aromatic nitrogens is 2. The largest absolute Gasteiger partial charge is 0.872 e. The minimum absolute atomic E-state index is 0.148. The van der Waals surface area contributed by atoms with Gasteiger partial charge in [-0.25, -0.2) is 9.97 Å². The van der Waals surface area contributed by atoms with Crippen molar-refractivity contribution < 1.29 is 20.4 Å². The zero-order chi connectivity index (χ0) is 20.3. The molecule has 0 saturated heterocycles. The average Bonchev–Trinajstić information content (AvgIpc) is 2.68. The lowest BCUT2D eigenvalue weighted by atomic mass is 9.94. The molecule has 0 fully saturated rings. The van der Waals surface area contributed by atoms with Crippen molar-refractivity contribution in [1.82, 2.24) is 9.97 Å². The normalized spacial score (nSPS) is 13.0. The molecule has 6 nitrogen and oxygen atoms in total. The van der Waals surface area contributed by atoms with E-state index >= 15 is 0 Å². The van der Waals surface area contributed by atoms with Gasteiger partial charge in [0.2, 0.25) is 0 Å². The van der Waals surface area contributed by atoms with Gasteiger partial charge in [-0.1, -0.05) is 42.2 Å². The maximum atomic E-state index is 13.1. The molecule has 3 rings (SSSR count). The van der Waals surface area contributed by atoms with Crippen molar-refractivity contribution in [2.24, 2.45) is 0 Å². The summed E-state index contributed by atoms with van der Waals surface area (Å²) >= 11 is 6.43. The van der Waals surface area contributed by atoms with E-state index in [1.165, 1.54) is 30.3 Å². The standard InChI is InChI=1S/C20H16Br2N2O4/c21-15-9-3-6-12(23-15)19(27)17(18(26)11-5-1-2-8-14(11)25)20(28)13-7-4-10-16(22)24-13/h1-10,19-20,25-28H/p-2. The molecular weight excluding hydrogens is 492 g/mol. The second kappa shape index (κ2) is 8.83. The molecule has 0 aliphatic rings. The highest BCUT2D eigenvalue weighted by Crippen LogP contribution is 2.36. The van der Waals surface area contributed by atoms with Crippen LogP contribution in [0.15, 0.2) is 75.4 Å². The molecule has 2 N–H and O–H groups in total. The Morgan fingerprint density at radius 2 is 1.29 bits per heavy atom. The summed E-state index contributed by atoms with van der Waals surface area (Å²) in [6, 6.07) is 15.3. The van der Waals surface area contributed by atoms with Gasteiger partial charge >= 0.3 is 0 Å². The van der Waals surface area contributed by atoms with Gasteiger partial charge in [-0.15, -0.1) is 5.75 Å². The van der Waals surface area contributed by atoms with Crippen LogP contribution in [0.5, 0.6) is 5.75 Å². The average molecular weight is 506 g/mol. The van der Waals surface area contributed by atoms with E-state index in [0.717, 1.165) is 0 Å². The summed E-state index contributed by atoms with van der Waals surface area (Å²) in [6.45, 7) is 0. The van der Waals surface area contributed by atoms with Crippen LogP contribution >= 0.6 is 31.9 Å². The molecule has 0 spiro atoms. The van der Waals surface area contributed by atoms with E-state index in [2.05, 4.69) is 41.8 Å². The second-order valence-electron chi connectivity index (χ2n) is 5.86. The Morgan fingerprint density at radius 1 is 0.786 bits per heavy atom. The van der Waals surface area contributed by atoms with Crippen molar-refractivity contribution in [3.05, 3.63) is 92.4 Å². The van der Waals surface area contributed by atoms with Crippen molar-refractivity contribution in [1.29, 1.82) is 0 Å². The summed E-state index contributed by atoms with van der Waals surface area (Å²) < 4.78 is 0.908. The fourth-order valence-electron chi connectivity index (χ4n) is 2.68. The van der Waals surface area contributed by atoms with Crippen LogP contribution in [0.4, 0.5) is 0 Å². The Balaban J connectivity index is 2.18. The molecule has 0 amide bonds. The van der Waals surface area contributed by atoms with Crippen molar-refractivity contribution in [2.75, 3.05) is 0 Å². The van der Waals surface area contributed by atoms with E-state index in [1.54, 1.807) is 30.3 Å². The molecule has 3 aromatic rings. The van der Waals surface area contributed by atoms with Crippen molar-refractivity contribution in [2.45, 2.75) is 12.2 Å². The number of hydrogen-bond donors (Lipinski definition) is 2. The zero-order valence-corrected chi connectivity index (χ0v) is 17.5. The van der Waals surface area contributed by atoms with Crippen LogP contribution in [0.1, 0.15) is 29.2 Å². The first-order valence-electron chi connectivity index (χ1n) is 8.17. The van der Waals surface area contributed by atoms with Crippen molar-refractivity contribution in [3.8, 4) is 5.75 Å². The van der Waals surface area contributed by atoms with Crippen LogP contribution in [0.3, 0.4) is 0 Å². The number of benzene rings is 1. The predicted molar refractivity (Wildman–Crippen MR) is 107 cm³/mol. The van der Waals surface area contributed by atoms with E-state index in [1.807, 2.05) is 0 Å². The van der Waals surface area contributed by atoms with Crippen molar-refractivity contribution >= 4 is 37.6 Å². The maximum Gasteiger partial charge on any atom is 0.120 e. The quantitative estimate of drug-likeness (QED) is 0.407. The minimum atomic E-state index is -1.54. The SMILES string of the molecule is [O-]C(=C(C(O)c1cccc(Br)n1)C(O)c1cccc(Br)n1)c1ccccc1[O-]. The Morgan fingerprint density at radius 3 is 1.75 bits per heavy atom. The van der Waals surface area contributed by atoms with E-state index in [0.29, 0.717) is 9.21 Å². The number of nitrogens with zero attached hydrogens (tertiary/aromatic N) is 2. The molecule has 28 heavy (non-hydrogen) atoms. The summed E-state index contributed by atoms with van der Waals surface area (Å²) in [7, 11) is 0. The Hall–Kier alpha value is -2.26. The van der Waals surface area contributed by atoms with Crippen LogP contribution in [0.25, 0.3) is 5.76 Å². The summed E-state index contributed by atoms with van der Waals surface area (Å²) in [4.78, 5) is 8.32. The fourth-order valence-corrected chi connectivity index (χ4v) is 3.39. The molecule has 0 saturated carbocycles. The van der Waals surface area contributed by atoms with Gasteiger partial charge in [0.25, 0.3) is 0 Å². The van der Waals surface area contributed by atoms with Crippen LogP contribution in [0, 0.1) is 0 Å². The molecule has 2 unspecified atom stereocenters. The van der Waals surface area contributed by atoms with Gasteiger partial charge in [-0.3, -0.25) is 0 Å². The number of hydrogen-bond acceptors (Lipinski definition) is 6. The first-order chi connectivity index (χ1) is 13.4. The molecule has 2 aromatic heterocycles. The molecule has 0 aliphatic heterocycles. The maximum absolute atomic E-state index is 13.1. The molecular formula is C20H14Br2N2O4-2. The van der Waals surface area contributed by atoms with E-state index < -0.39 is 23.7 Å². The van der Waals surface area contributed by atoms with E-state index in [-0.39, 0.29) is 22.5 Å². The summed E-state index contributed by atoms with van der Waals surface area (Å²) in [5, 5.41) is 47.0. The highest BCUT2D eigenvalue weighted by atomic mass is 79.9. The van der Waals surface area contributed by atoms with Crippen LogP contribution < -0.4 is 10.2 Å². The molecule has 0 aliphatic carbocycles. The number of aliphatic hydroxyl groups excluding tert-OH is 2. The van der Waals surface area contributed by atoms with Gasteiger partial charge in [0, 0.05) is 0 Å². The number of halogens is 2. The Kier molecular flexibility index (Phi) is 6.46. The number of aliphatic hydroxyl groups is 2. The number of pyridine rings is 2. The first-order valence-corrected chi connectivity index (χ1v) is 9.75. The lowest BCUT2D eigenvalue weighted by Gasteiger charge is -2.29. The predicted octanol–water partition coefficient (Wildman–Crippen LogP) is 2.61. The van der Waals surface area contributed by atoms with Gasteiger partial charge in [-0.05, 0) is 67.3 Å². The monoisotopic (exact) mass is 504 g/mol. The summed E-state index contributed by atoms with van der Waals surface area (Å²) in [6.07, 6.45) is -3.08.